The van der Waals surface area contributed by atoms with E-state index < -0.39 is 0 Å². The van der Waals surface area contributed by atoms with Crippen LogP contribution in [0.1, 0.15) is 30.8 Å². The molecule has 18 heavy (non-hydrogen) atoms. The van der Waals surface area contributed by atoms with Crippen molar-refractivity contribution in [1.82, 2.24) is 14.8 Å². The summed E-state index contributed by atoms with van der Waals surface area (Å²) in [6.07, 6.45) is 3.32. The fourth-order valence-corrected chi connectivity index (χ4v) is 2.04. The summed E-state index contributed by atoms with van der Waals surface area (Å²) in [5.74, 6) is 0.840. The van der Waals surface area contributed by atoms with Crippen LogP contribution in [0.15, 0.2) is 30.6 Å². The number of aryl methyl sites for hydroxylation is 1. The van der Waals surface area contributed by atoms with Gasteiger partial charge in [0.25, 0.3) is 0 Å². The second-order valence-electron chi connectivity index (χ2n) is 4.28. The Morgan fingerprint density at radius 2 is 2.06 bits per heavy atom. The van der Waals surface area contributed by atoms with E-state index in [4.69, 9.17) is 17.3 Å². The first-order chi connectivity index (χ1) is 8.70. The van der Waals surface area contributed by atoms with E-state index in [1.54, 1.807) is 6.33 Å². The topological polar surface area (TPSA) is 56.7 Å². The van der Waals surface area contributed by atoms with Crippen LogP contribution in [0.3, 0.4) is 0 Å². The Balaban J connectivity index is 2.09. The zero-order chi connectivity index (χ0) is 13.0. The van der Waals surface area contributed by atoms with Gasteiger partial charge in [-0.1, -0.05) is 30.7 Å². The molecular formula is C13H17ClN4. The van der Waals surface area contributed by atoms with Gasteiger partial charge in [0.1, 0.15) is 12.2 Å². The minimum Gasteiger partial charge on any atom is -0.321 e. The summed E-state index contributed by atoms with van der Waals surface area (Å²) >= 11 is 5.86. The van der Waals surface area contributed by atoms with Crippen molar-refractivity contribution in [3.63, 3.8) is 0 Å². The summed E-state index contributed by atoms with van der Waals surface area (Å²) in [4.78, 5) is 4.25. The van der Waals surface area contributed by atoms with Crippen molar-refractivity contribution in [3.8, 4) is 0 Å². The van der Waals surface area contributed by atoms with Crippen molar-refractivity contribution < 1.29 is 0 Å². The SMILES string of the molecule is CCCn1ncnc1C(N)Cc1ccc(Cl)cc1. The summed E-state index contributed by atoms with van der Waals surface area (Å²) < 4.78 is 1.88. The molecule has 2 N–H and O–H groups in total. The molecule has 96 valence electrons. The van der Waals surface area contributed by atoms with Crippen molar-refractivity contribution in [3.05, 3.63) is 47.0 Å². The van der Waals surface area contributed by atoms with Crippen LogP contribution in [-0.4, -0.2) is 14.8 Å². The van der Waals surface area contributed by atoms with Crippen LogP contribution in [0, 0.1) is 0 Å². The minimum absolute atomic E-state index is 0.139. The zero-order valence-electron chi connectivity index (χ0n) is 10.4. The molecule has 1 heterocycles. The lowest BCUT2D eigenvalue weighted by Crippen LogP contribution is -2.19. The lowest BCUT2D eigenvalue weighted by molar-refractivity contribution is 0.529. The molecule has 1 aromatic heterocycles. The smallest absolute Gasteiger partial charge is 0.144 e. The molecule has 1 aromatic carbocycles. The van der Waals surface area contributed by atoms with Crippen molar-refractivity contribution in [2.75, 3.05) is 0 Å². The summed E-state index contributed by atoms with van der Waals surface area (Å²) in [5, 5.41) is 4.92. The molecule has 0 saturated heterocycles. The number of hydrogen-bond acceptors (Lipinski definition) is 3. The molecule has 0 bridgehead atoms. The van der Waals surface area contributed by atoms with Gasteiger partial charge in [0, 0.05) is 11.6 Å². The van der Waals surface area contributed by atoms with Crippen molar-refractivity contribution in [1.29, 1.82) is 0 Å². The second kappa shape index (κ2) is 5.98. The Morgan fingerprint density at radius 1 is 1.33 bits per heavy atom. The summed E-state index contributed by atoms with van der Waals surface area (Å²) in [5.41, 5.74) is 7.34. The molecule has 0 fully saturated rings. The Morgan fingerprint density at radius 3 is 2.72 bits per heavy atom. The molecule has 1 unspecified atom stereocenters. The Bertz CT molecular complexity index is 492. The number of halogens is 1. The van der Waals surface area contributed by atoms with Crippen molar-refractivity contribution in [2.24, 2.45) is 5.73 Å². The van der Waals surface area contributed by atoms with E-state index in [-0.39, 0.29) is 6.04 Å². The predicted octanol–water partition coefficient (Wildman–Crippen LogP) is 2.58. The Hall–Kier alpha value is -1.39. The quantitative estimate of drug-likeness (QED) is 0.903. The van der Waals surface area contributed by atoms with Crippen LogP contribution < -0.4 is 5.73 Å². The van der Waals surface area contributed by atoms with E-state index in [0.29, 0.717) is 0 Å². The monoisotopic (exact) mass is 264 g/mol. The van der Waals surface area contributed by atoms with Crippen LogP contribution in [-0.2, 0) is 13.0 Å². The molecular weight excluding hydrogens is 248 g/mol. The van der Waals surface area contributed by atoms with Crippen LogP contribution >= 0.6 is 11.6 Å². The average Bonchev–Trinajstić information content (AvgIpc) is 2.81. The van der Waals surface area contributed by atoms with Crippen LogP contribution in [0.5, 0.6) is 0 Å². The summed E-state index contributed by atoms with van der Waals surface area (Å²) in [7, 11) is 0. The van der Waals surface area contributed by atoms with Gasteiger partial charge in [-0.3, -0.25) is 0 Å². The van der Waals surface area contributed by atoms with E-state index in [0.717, 1.165) is 35.8 Å². The number of nitrogens with two attached hydrogens (primary N) is 1. The first-order valence-electron chi connectivity index (χ1n) is 6.08. The largest absolute Gasteiger partial charge is 0.321 e. The molecule has 0 spiro atoms. The van der Waals surface area contributed by atoms with Gasteiger partial charge in [-0.05, 0) is 30.5 Å². The Labute approximate surface area is 112 Å². The van der Waals surface area contributed by atoms with E-state index in [2.05, 4.69) is 17.0 Å². The van der Waals surface area contributed by atoms with Gasteiger partial charge in [-0.15, -0.1) is 0 Å². The van der Waals surface area contributed by atoms with Gasteiger partial charge in [0.15, 0.2) is 0 Å². The van der Waals surface area contributed by atoms with Gasteiger partial charge >= 0.3 is 0 Å². The third-order valence-electron chi connectivity index (χ3n) is 2.78. The van der Waals surface area contributed by atoms with Gasteiger partial charge in [-0.25, -0.2) is 9.67 Å². The number of benzene rings is 1. The number of nitrogens with zero attached hydrogens (tertiary/aromatic N) is 3. The highest BCUT2D eigenvalue weighted by Gasteiger charge is 2.13. The van der Waals surface area contributed by atoms with Gasteiger partial charge in [0.05, 0.1) is 6.04 Å². The highest BCUT2D eigenvalue weighted by molar-refractivity contribution is 6.30. The van der Waals surface area contributed by atoms with Gasteiger partial charge in [-0.2, -0.15) is 5.10 Å². The molecule has 0 aliphatic rings. The third kappa shape index (κ3) is 3.09. The number of aromatic nitrogens is 3. The van der Waals surface area contributed by atoms with Crippen molar-refractivity contribution >= 4 is 11.6 Å². The standard InChI is InChI=1S/C13H17ClN4/c1-2-7-18-13(16-9-17-18)12(15)8-10-3-5-11(14)6-4-10/h3-6,9,12H,2,7-8,15H2,1H3. The molecule has 0 aliphatic carbocycles. The third-order valence-corrected chi connectivity index (χ3v) is 3.03. The maximum absolute atomic E-state index is 6.18. The van der Waals surface area contributed by atoms with Crippen LogP contribution in [0.25, 0.3) is 0 Å². The lowest BCUT2D eigenvalue weighted by atomic mass is 10.1. The molecule has 5 heteroatoms. The second-order valence-corrected chi connectivity index (χ2v) is 4.71. The molecule has 0 aliphatic heterocycles. The number of hydrogen-bond donors (Lipinski definition) is 1. The average molecular weight is 265 g/mol. The van der Waals surface area contributed by atoms with E-state index in [1.807, 2.05) is 28.9 Å². The van der Waals surface area contributed by atoms with Crippen LogP contribution in [0.4, 0.5) is 0 Å². The summed E-state index contributed by atoms with van der Waals surface area (Å²) in [6.45, 7) is 2.96. The van der Waals surface area contributed by atoms with Gasteiger partial charge in [0.2, 0.25) is 0 Å². The van der Waals surface area contributed by atoms with Gasteiger partial charge < -0.3 is 5.73 Å². The molecule has 2 aromatic rings. The predicted molar refractivity (Wildman–Crippen MR) is 72.4 cm³/mol. The highest BCUT2D eigenvalue weighted by Crippen LogP contribution is 2.16. The van der Waals surface area contributed by atoms with E-state index in [1.165, 1.54) is 0 Å². The molecule has 1 atom stereocenters. The first-order valence-corrected chi connectivity index (χ1v) is 6.46. The maximum Gasteiger partial charge on any atom is 0.144 e. The zero-order valence-corrected chi connectivity index (χ0v) is 11.1. The first kappa shape index (κ1) is 13.1. The molecule has 0 radical (unpaired) electrons. The lowest BCUT2D eigenvalue weighted by Gasteiger charge is -2.12. The minimum atomic E-state index is -0.139. The maximum atomic E-state index is 6.18. The summed E-state index contributed by atoms with van der Waals surface area (Å²) in [6, 6.07) is 7.59. The molecule has 0 saturated carbocycles. The normalized spacial score (nSPS) is 12.6. The fourth-order valence-electron chi connectivity index (χ4n) is 1.91. The molecule has 4 nitrogen and oxygen atoms in total. The Kier molecular flexibility index (Phi) is 4.33. The van der Waals surface area contributed by atoms with Crippen LogP contribution in [0.2, 0.25) is 5.02 Å². The fraction of sp³-hybridized carbons (Fsp3) is 0.385. The van der Waals surface area contributed by atoms with E-state index >= 15 is 0 Å². The molecule has 2 rings (SSSR count). The number of rotatable bonds is 5. The highest BCUT2D eigenvalue weighted by atomic mass is 35.5. The van der Waals surface area contributed by atoms with E-state index in [9.17, 15) is 0 Å². The molecule has 0 amide bonds. The van der Waals surface area contributed by atoms with Crippen molar-refractivity contribution in [2.45, 2.75) is 32.4 Å².